The summed E-state index contributed by atoms with van der Waals surface area (Å²) in [5.41, 5.74) is 0.897. The van der Waals surface area contributed by atoms with Crippen molar-refractivity contribution in [3.8, 4) is 0 Å². The van der Waals surface area contributed by atoms with Crippen LogP contribution in [0.5, 0.6) is 0 Å². The van der Waals surface area contributed by atoms with Crippen LogP contribution in [-0.4, -0.2) is 57.9 Å². The van der Waals surface area contributed by atoms with Crippen molar-refractivity contribution in [1.29, 1.82) is 0 Å². The molecule has 0 unspecified atom stereocenters. The molecule has 1 saturated heterocycles. The van der Waals surface area contributed by atoms with E-state index >= 15 is 0 Å². The van der Waals surface area contributed by atoms with Crippen LogP contribution in [0.25, 0.3) is 0 Å². The first-order valence-corrected chi connectivity index (χ1v) is 8.88. The lowest BCUT2D eigenvalue weighted by Crippen LogP contribution is -2.34. The lowest BCUT2D eigenvalue weighted by Gasteiger charge is -2.20. The third-order valence-electron chi connectivity index (χ3n) is 3.71. The molecule has 1 heterocycles. The van der Waals surface area contributed by atoms with Crippen LogP contribution in [0.15, 0.2) is 23.1 Å². The fraction of sp³-hybridized carbons (Fsp3) is 0.571. The van der Waals surface area contributed by atoms with Gasteiger partial charge in [0.2, 0.25) is 10.0 Å². The van der Waals surface area contributed by atoms with Crippen molar-refractivity contribution < 1.29 is 8.42 Å². The Morgan fingerprint density at radius 2 is 2.00 bits per heavy atom. The highest BCUT2D eigenvalue weighted by Crippen LogP contribution is 2.24. The summed E-state index contributed by atoms with van der Waals surface area (Å²) in [6.45, 7) is 3.38. The molecule has 1 aromatic rings. The molecule has 21 heavy (non-hydrogen) atoms. The van der Waals surface area contributed by atoms with Crippen LogP contribution < -0.4 is 5.32 Å². The van der Waals surface area contributed by atoms with E-state index in [4.69, 9.17) is 11.6 Å². The fourth-order valence-electron chi connectivity index (χ4n) is 2.43. The lowest BCUT2D eigenvalue weighted by atomic mass is 10.2. The minimum Gasteiger partial charge on any atom is -0.316 e. The molecule has 7 heteroatoms. The second-order valence-corrected chi connectivity index (χ2v) is 7.69. The molecule has 2 rings (SSSR count). The van der Waals surface area contributed by atoms with Gasteiger partial charge < -0.3 is 10.2 Å². The smallest absolute Gasteiger partial charge is 0.243 e. The molecule has 0 aliphatic carbocycles. The maximum absolute atomic E-state index is 12.7. The average molecular weight is 332 g/mol. The second-order valence-electron chi connectivity index (χ2n) is 5.34. The summed E-state index contributed by atoms with van der Waals surface area (Å²) in [6, 6.07) is 4.97. The van der Waals surface area contributed by atoms with Gasteiger partial charge in [0.05, 0.1) is 4.90 Å². The quantitative estimate of drug-likeness (QED) is 0.906. The molecule has 1 aliphatic rings. The molecule has 0 radical (unpaired) electrons. The van der Waals surface area contributed by atoms with Gasteiger partial charge in [-0.2, -0.15) is 4.31 Å². The van der Waals surface area contributed by atoms with Gasteiger partial charge in [-0.3, -0.25) is 0 Å². The lowest BCUT2D eigenvalue weighted by molar-refractivity contribution is 0.347. The number of hydrogen-bond acceptors (Lipinski definition) is 4. The van der Waals surface area contributed by atoms with Crippen molar-refractivity contribution in [2.24, 2.45) is 0 Å². The molecular weight excluding hydrogens is 310 g/mol. The fourth-order valence-corrected chi connectivity index (χ4v) is 4.24. The molecule has 0 saturated carbocycles. The molecule has 0 amide bonds. The van der Waals surface area contributed by atoms with Gasteiger partial charge in [0, 0.05) is 31.2 Å². The van der Waals surface area contributed by atoms with E-state index in [0.29, 0.717) is 24.7 Å². The first-order valence-electron chi connectivity index (χ1n) is 7.07. The number of halogens is 1. The zero-order valence-corrected chi connectivity index (χ0v) is 14.0. The van der Waals surface area contributed by atoms with Gasteiger partial charge >= 0.3 is 0 Å². The van der Waals surface area contributed by atoms with E-state index in [0.717, 1.165) is 25.1 Å². The Hall–Kier alpha value is -0.660. The highest BCUT2D eigenvalue weighted by molar-refractivity contribution is 7.89. The predicted molar refractivity (Wildman–Crippen MR) is 85.1 cm³/mol. The van der Waals surface area contributed by atoms with Crippen molar-refractivity contribution in [3.05, 3.63) is 28.8 Å². The van der Waals surface area contributed by atoms with Gasteiger partial charge in [-0.15, -0.1) is 0 Å². The first kappa shape index (κ1) is 16.7. The van der Waals surface area contributed by atoms with Crippen LogP contribution in [0.4, 0.5) is 0 Å². The first-order chi connectivity index (χ1) is 9.95. The predicted octanol–water partition coefficient (Wildman–Crippen LogP) is 1.39. The Bertz CT molecular complexity index is 592. The van der Waals surface area contributed by atoms with Crippen molar-refractivity contribution in [2.75, 3.05) is 40.3 Å². The summed E-state index contributed by atoms with van der Waals surface area (Å²) < 4.78 is 27.0. The zero-order chi connectivity index (χ0) is 15.5. The van der Waals surface area contributed by atoms with Crippen molar-refractivity contribution in [1.82, 2.24) is 14.5 Å². The largest absolute Gasteiger partial charge is 0.316 e. The standard InChI is InChI=1S/C14H22ClN3O2S/c1-16-11-12-4-5-13(10-14(12)15)21(19,20)18-7-3-6-17(2)8-9-18/h4-5,10,16H,3,6-9,11H2,1-2H3. The second kappa shape index (κ2) is 7.07. The van der Waals surface area contributed by atoms with E-state index in [9.17, 15) is 8.42 Å². The topological polar surface area (TPSA) is 52.7 Å². The molecule has 1 fully saturated rings. The van der Waals surface area contributed by atoms with Crippen LogP contribution in [0, 0.1) is 0 Å². The third kappa shape index (κ3) is 3.96. The van der Waals surface area contributed by atoms with E-state index in [1.54, 1.807) is 22.5 Å². The maximum atomic E-state index is 12.7. The Kier molecular flexibility index (Phi) is 5.62. The van der Waals surface area contributed by atoms with E-state index in [1.807, 2.05) is 14.1 Å². The Labute approximate surface area is 131 Å². The molecule has 118 valence electrons. The van der Waals surface area contributed by atoms with Crippen LogP contribution in [0.2, 0.25) is 5.02 Å². The molecule has 0 atom stereocenters. The molecule has 1 N–H and O–H groups in total. The maximum Gasteiger partial charge on any atom is 0.243 e. The van der Waals surface area contributed by atoms with Gasteiger partial charge in [-0.1, -0.05) is 17.7 Å². The normalized spacial score (nSPS) is 18.6. The number of nitrogens with zero attached hydrogens (tertiary/aromatic N) is 2. The van der Waals surface area contributed by atoms with Crippen LogP contribution in [0.3, 0.4) is 0 Å². The van der Waals surface area contributed by atoms with Gasteiger partial charge in [-0.25, -0.2) is 8.42 Å². The number of hydrogen-bond donors (Lipinski definition) is 1. The Morgan fingerprint density at radius 3 is 2.67 bits per heavy atom. The third-order valence-corrected chi connectivity index (χ3v) is 5.95. The number of rotatable bonds is 4. The summed E-state index contributed by atoms with van der Waals surface area (Å²) >= 11 is 6.18. The Balaban J connectivity index is 2.24. The molecule has 5 nitrogen and oxygen atoms in total. The van der Waals surface area contributed by atoms with Crippen molar-refractivity contribution in [2.45, 2.75) is 17.9 Å². The highest BCUT2D eigenvalue weighted by Gasteiger charge is 2.26. The summed E-state index contributed by atoms with van der Waals surface area (Å²) in [5, 5.41) is 3.49. The SMILES string of the molecule is CNCc1ccc(S(=O)(=O)N2CCCN(C)CC2)cc1Cl. The molecule has 0 bridgehead atoms. The van der Waals surface area contributed by atoms with E-state index in [1.165, 1.54) is 0 Å². The van der Waals surface area contributed by atoms with E-state index in [-0.39, 0.29) is 4.90 Å². The monoisotopic (exact) mass is 331 g/mol. The number of likely N-dealkylation sites (N-methyl/N-ethyl adjacent to an activating group) is 1. The minimum absolute atomic E-state index is 0.275. The average Bonchev–Trinajstić information content (AvgIpc) is 2.66. The molecular formula is C14H22ClN3O2S. The number of benzene rings is 1. The Morgan fingerprint density at radius 1 is 1.24 bits per heavy atom. The summed E-state index contributed by atoms with van der Waals surface area (Å²) in [6.07, 6.45) is 0.849. The van der Waals surface area contributed by atoms with Crippen molar-refractivity contribution >= 4 is 21.6 Å². The highest BCUT2D eigenvalue weighted by atomic mass is 35.5. The summed E-state index contributed by atoms with van der Waals surface area (Å²) in [7, 11) is 0.380. The molecule has 1 aliphatic heterocycles. The van der Waals surface area contributed by atoms with Gasteiger partial charge in [0.25, 0.3) is 0 Å². The van der Waals surface area contributed by atoms with E-state index in [2.05, 4.69) is 10.2 Å². The van der Waals surface area contributed by atoms with E-state index < -0.39 is 10.0 Å². The molecule has 1 aromatic carbocycles. The number of sulfonamides is 1. The number of nitrogens with one attached hydrogen (secondary N) is 1. The summed E-state index contributed by atoms with van der Waals surface area (Å²) in [5.74, 6) is 0. The van der Waals surface area contributed by atoms with Crippen LogP contribution >= 0.6 is 11.6 Å². The zero-order valence-electron chi connectivity index (χ0n) is 12.5. The molecule has 0 aromatic heterocycles. The molecule has 0 spiro atoms. The minimum atomic E-state index is -3.46. The van der Waals surface area contributed by atoms with Crippen molar-refractivity contribution in [3.63, 3.8) is 0 Å². The van der Waals surface area contributed by atoms with Crippen LogP contribution in [-0.2, 0) is 16.6 Å². The van der Waals surface area contributed by atoms with Crippen LogP contribution in [0.1, 0.15) is 12.0 Å². The van der Waals surface area contributed by atoms with Gasteiger partial charge in [0.1, 0.15) is 0 Å². The van der Waals surface area contributed by atoms with Gasteiger partial charge in [-0.05, 0) is 44.8 Å². The van der Waals surface area contributed by atoms with Gasteiger partial charge in [0.15, 0.2) is 0 Å². The summed E-state index contributed by atoms with van der Waals surface area (Å²) in [4.78, 5) is 2.43.